The number of nitrogens with zero attached hydrogens (tertiary/aromatic N) is 2. The second-order valence-corrected chi connectivity index (χ2v) is 6.03. The Morgan fingerprint density at radius 2 is 2.29 bits per heavy atom. The monoisotopic (exact) mass is 292 g/mol. The molecule has 2 heterocycles. The molecule has 1 atom stereocenters. The van der Waals surface area contributed by atoms with Crippen LogP contribution in [0.3, 0.4) is 0 Å². The third-order valence-electron chi connectivity index (χ3n) is 4.28. The molecule has 0 aromatic carbocycles. The van der Waals surface area contributed by atoms with E-state index < -0.39 is 0 Å². The predicted octanol–water partition coefficient (Wildman–Crippen LogP) is 2.03. The molecule has 5 nitrogen and oxygen atoms in total. The Labute approximate surface area is 127 Å². The Hall–Kier alpha value is -1.36. The number of hydrogen-bond acceptors (Lipinski definition) is 3. The van der Waals surface area contributed by atoms with Gasteiger partial charge in [0.05, 0.1) is 11.3 Å². The molecular formula is C16H28N4O. The first kappa shape index (κ1) is 16.0. The number of nitrogens with one attached hydrogen (secondary N) is 2. The molecule has 1 aliphatic heterocycles. The highest BCUT2D eigenvalue weighted by molar-refractivity contribution is 5.96. The van der Waals surface area contributed by atoms with E-state index in [1.807, 2.05) is 18.5 Å². The van der Waals surface area contributed by atoms with Crippen LogP contribution in [0.4, 0.5) is 0 Å². The lowest BCUT2D eigenvalue weighted by Crippen LogP contribution is -2.33. The summed E-state index contributed by atoms with van der Waals surface area (Å²) in [6.07, 6.45) is 4.60. The normalized spacial score (nSPS) is 18.7. The van der Waals surface area contributed by atoms with Crippen molar-refractivity contribution in [1.29, 1.82) is 0 Å². The first-order valence-corrected chi connectivity index (χ1v) is 8.16. The maximum absolute atomic E-state index is 12.4. The summed E-state index contributed by atoms with van der Waals surface area (Å²) in [6.45, 7) is 9.86. The number of carbonyl (C=O) groups is 1. The standard InChI is InChI=1S/C16H28N4O/c1-4-10-20-13(3)15(12(2)19-20)16(21)18-9-7-14-6-5-8-17-11-14/h14,17H,4-11H2,1-3H3,(H,18,21). The largest absolute Gasteiger partial charge is 0.352 e. The lowest BCUT2D eigenvalue weighted by atomic mass is 9.96. The SMILES string of the molecule is CCCn1nc(C)c(C(=O)NCCC2CCCNC2)c1C. The van der Waals surface area contributed by atoms with Gasteiger partial charge in [-0.15, -0.1) is 0 Å². The van der Waals surface area contributed by atoms with E-state index in [0.717, 1.165) is 56.0 Å². The van der Waals surface area contributed by atoms with Crippen LogP contribution in [0.1, 0.15) is 54.4 Å². The lowest BCUT2D eigenvalue weighted by molar-refractivity contribution is 0.0949. The highest BCUT2D eigenvalue weighted by atomic mass is 16.1. The van der Waals surface area contributed by atoms with Crippen molar-refractivity contribution in [3.8, 4) is 0 Å². The maximum atomic E-state index is 12.4. The molecule has 1 aliphatic rings. The topological polar surface area (TPSA) is 59.0 Å². The molecule has 0 saturated carbocycles. The molecule has 118 valence electrons. The molecule has 0 aliphatic carbocycles. The average molecular weight is 292 g/mol. The summed E-state index contributed by atoms with van der Waals surface area (Å²) in [7, 11) is 0. The van der Waals surface area contributed by atoms with Gasteiger partial charge in [-0.25, -0.2) is 0 Å². The molecule has 1 aromatic heterocycles. The fourth-order valence-electron chi connectivity index (χ4n) is 3.10. The van der Waals surface area contributed by atoms with Crippen LogP contribution in [-0.4, -0.2) is 35.3 Å². The molecule has 1 unspecified atom stereocenters. The molecule has 1 fully saturated rings. The van der Waals surface area contributed by atoms with Crippen LogP contribution < -0.4 is 10.6 Å². The fourth-order valence-corrected chi connectivity index (χ4v) is 3.10. The summed E-state index contributed by atoms with van der Waals surface area (Å²) in [5.41, 5.74) is 2.56. The van der Waals surface area contributed by atoms with Gasteiger partial charge in [0.2, 0.25) is 0 Å². The smallest absolute Gasteiger partial charge is 0.255 e. The lowest BCUT2D eigenvalue weighted by Gasteiger charge is -2.22. The first-order valence-electron chi connectivity index (χ1n) is 8.16. The van der Waals surface area contributed by atoms with Gasteiger partial charge in [-0.3, -0.25) is 9.48 Å². The Bertz CT molecular complexity index is 475. The van der Waals surface area contributed by atoms with Crippen LogP contribution in [0.5, 0.6) is 0 Å². The highest BCUT2D eigenvalue weighted by Gasteiger charge is 2.19. The quantitative estimate of drug-likeness (QED) is 0.843. The van der Waals surface area contributed by atoms with E-state index >= 15 is 0 Å². The Kier molecular flexibility index (Phi) is 5.79. The van der Waals surface area contributed by atoms with E-state index in [0.29, 0.717) is 5.92 Å². The summed E-state index contributed by atoms with van der Waals surface area (Å²) in [5.74, 6) is 0.722. The third kappa shape index (κ3) is 4.06. The van der Waals surface area contributed by atoms with Crippen molar-refractivity contribution >= 4 is 5.91 Å². The van der Waals surface area contributed by atoms with Crippen molar-refractivity contribution in [3.63, 3.8) is 0 Å². The van der Waals surface area contributed by atoms with Gasteiger partial charge in [0, 0.05) is 18.8 Å². The number of piperidine rings is 1. The van der Waals surface area contributed by atoms with Crippen molar-refractivity contribution < 1.29 is 4.79 Å². The third-order valence-corrected chi connectivity index (χ3v) is 4.28. The van der Waals surface area contributed by atoms with Crippen molar-refractivity contribution in [3.05, 3.63) is 17.0 Å². The second kappa shape index (κ2) is 7.59. The van der Waals surface area contributed by atoms with Gasteiger partial charge in [0.1, 0.15) is 0 Å². The van der Waals surface area contributed by atoms with E-state index in [1.54, 1.807) is 0 Å². The summed E-state index contributed by atoms with van der Waals surface area (Å²) in [4.78, 5) is 12.4. The van der Waals surface area contributed by atoms with E-state index in [-0.39, 0.29) is 5.91 Å². The Morgan fingerprint density at radius 1 is 1.48 bits per heavy atom. The van der Waals surface area contributed by atoms with Crippen molar-refractivity contribution in [2.45, 2.75) is 53.0 Å². The number of rotatable bonds is 6. The minimum Gasteiger partial charge on any atom is -0.352 e. The molecule has 5 heteroatoms. The van der Waals surface area contributed by atoms with Crippen LogP contribution in [0.25, 0.3) is 0 Å². The molecule has 21 heavy (non-hydrogen) atoms. The van der Waals surface area contributed by atoms with Gasteiger partial charge in [-0.05, 0) is 58.5 Å². The minimum atomic E-state index is 0.0242. The van der Waals surface area contributed by atoms with Crippen LogP contribution in [0.15, 0.2) is 0 Å². The van der Waals surface area contributed by atoms with E-state index in [1.165, 1.54) is 12.8 Å². The molecule has 0 spiro atoms. The van der Waals surface area contributed by atoms with E-state index in [9.17, 15) is 4.79 Å². The van der Waals surface area contributed by atoms with E-state index in [2.05, 4.69) is 22.7 Å². The van der Waals surface area contributed by atoms with Gasteiger partial charge in [0.25, 0.3) is 5.91 Å². The summed E-state index contributed by atoms with van der Waals surface area (Å²) < 4.78 is 1.94. The number of hydrogen-bond donors (Lipinski definition) is 2. The van der Waals surface area contributed by atoms with Crippen molar-refractivity contribution in [2.24, 2.45) is 5.92 Å². The minimum absolute atomic E-state index is 0.0242. The number of amides is 1. The number of aryl methyl sites for hydroxylation is 2. The van der Waals surface area contributed by atoms with Crippen LogP contribution in [0.2, 0.25) is 0 Å². The van der Waals surface area contributed by atoms with Crippen molar-refractivity contribution in [2.75, 3.05) is 19.6 Å². The van der Waals surface area contributed by atoms with Crippen LogP contribution in [-0.2, 0) is 6.54 Å². The zero-order valence-corrected chi connectivity index (χ0v) is 13.5. The van der Waals surface area contributed by atoms with Gasteiger partial charge in [-0.2, -0.15) is 5.10 Å². The predicted molar refractivity (Wildman–Crippen MR) is 84.5 cm³/mol. The fraction of sp³-hybridized carbons (Fsp3) is 0.750. The van der Waals surface area contributed by atoms with E-state index in [4.69, 9.17) is 0 Å². The molecule has 1 aromatic rings. The van der Waals surface area contributed by atoms with Crippen molar-refractivity contribution in [1.82, 2.24) is 20.4 Å². The summed E-state index contributed by atoms with van der Waals surface area (Å²) >= 11 is 0. The molecule has 1 amide bonds. The second-order valence-electron chi connectivity index (χ2n) is 6.03. The Morgan fingerprint density at radius 3 is 2.95 bits per heavy atom. The molecular weight excluding hydrogens is 264 g/mol. The van der Waals surface area contributed by atoms with Crippen LogP contribution >= 0.6 is 0 Å². The average Bonchev–Trinajstić information content (AvgIpc) is 2.75. The number of aromatic nitrogens is 2. The Balaban J connectivity index is 1.88. The molecule has 2 rings (SSSR count). The molecule has 0 bridgehead atoms. The van der Waals surface area contributed by atoms with Gasteiger partial charge in [-0.1, -0.05) is 6.92 Å². The van der Waals surface area contributed by atoms with Crippen LogP contribution in [0, 0.1) is 19.8 Å². The molecule has 0 radical (unpaired) electrons. The molecule has 1 saturated heterocycles. The summed E-state index contributed by atoms with van der Waals surface area (Å²) in [5, 5.41) is 10.9. The first-order chi connectivity index (χ1) is 10.1. The van der Waals surface area contributed by atoms with Gasteiger partial charge < -0.3 is 10.6 Å². The van der Waals surface area contributed by atoms with Gasteiger partial charge >= 0.3 is 0 Å². The zero-order chi connectivity index (χ0) is 15.2. The maximum Gasteiger partial charge on any atom is 0.255 e. The summed E-state index contributed by atoms with van der Waals surface area (Å²) in [6, 6.07) is 0. The number of carbonyl (C=O) groups excluding carboxylic acids is 1. The zero-order valence-electron chi connectivity index (χ0n) is 13.5. The highest BCUT2D eigenvalue weighted by Crippen LogP contribution is 2.15. The molecule has 2 N–H and O–H groups in total. The van der Waals surface area contributed by atoms with Gasteiger partial charge in [0.15, 0.2) is 0 Å².